The van der Waals surface area contributed by atoms with Gasteiger partial charge in [-0.25, -0.2) is 0 Å². The number of para-hydroxylation sites is 2. The topological polar surface area (TPSA) is 13.1 Å². The molecule has 8 aromatic carbocycles. The van der Waals surface area contributed by atoms with E-state index in [1.54, 1.807) is 6.07 Å². The molecule has 1 heterocycles. The predicted molar refractivity (Wildman–Crippen MR) is 183 cm³/mol. The molecule has 0 aliphatic heterocycles. The van der Waals surface area contributed by atoms with Crippen LogP contribution in [0.3, 0.4) is 0 Å². The first-order chi connectivity index (χ1) is 23.9. The lowest BCUT2D eigenvalue weighted by molar-refractivity contribution is 0.670. The summed E-state index contributed by atoms with van der Waals surface area (Å²) in [5.74, 6) is 0. The van der Waals surface area contributed by atoms with E-state index >= 15 is 0 Å². The summed E-state index contributed by atoms with van der Waals surface area (Å²) >= 11 is 0. The van der Waals surface area contributed by atoms with Crippen LogP contribution in [0.1, 0.15) is 8.22 Å². The zero-order valence-corrected chi connectivity index (χ0v) is 23.0. The third-order valence-electron chi connectivity index (χ3n) is 8.29. The highest BCUT2D eigenvalue weighted by molar-refractivity contribution is 6.21. The van der Waals surface area contributed by atoms with Gasteiger partial charge in [0, 0.05) is 16.3 Å². The van der Waals surface area contributed by atoms with Crippen LogP contribution in [0.15, 0.2) is 162 Å². The molecule has 0 saturated carbocycles. The van der Waals surface area contributed by atoms with E-state index in [0.717, 1.165) is 43.4 Å². The van der Waals surface area contributed by atoms with Crippen molar-refractivity contribution >= 4 is 54.3 Å². The van der Waals surface area contributed by atoms with Crippen LogP contribution < -0.4 is 0 Å². The first kappa shape index (κ1) is 18.7. The molecule has 43 heavy (non-hydrogen) atoms. The highest BCUT2D eigenvalue weighted by Gasteiger charge is 2.17. The van der Waals surface area contributed by atoms with Crippen molar-refractivity contribution < 1.29 is 12.6 Å². The molecule has 0 aliphatic carbocycles. The summed E-state index contributed by atoms with van der Waals surface area (Å²) in [6.07, 6.45) is 0. The minimum absolute atomic E-state index is 0.0115. The fraction of sp³-hybridized carbons (Fsp3) is 0. The second-order valence-corrected chi connectivity index (χ2v) is 10.7. The van der Waals surface area contributed by atoms with Crippen LogP contribution in [0.5, 0.6) is 0 Å². The van der Waals surface area contributed by atoms with E-state index in [-0.39, 0.29) is 58.2 Å². The second kappa shape index (κ2) is 9.44. The number of hydrogen-bond donors (Lipinski definition) is 0. The number of furan rings is 1. The van der Waals surface area contributed by atoms with Crippen molar-refractivity contribution in [3.63, 3.8) is 0 Å². The molecule has 200 valence electrons. The average Bonchev–Trinajstić information content (AvgIpc) is 3.52. The smallest absolute Gasteiger partial charge is 0.143 e. The van der Waals surface area contributed by atoms with Gasteiger partial charge in [-0.3, -0.25) is 0 Å². The van der Waals surface area contributed by atoms with E-state index in [1.807, 2.05) is 103 Å². The second-order valence-electron chi connectivity index (χ2n) is 10.7. The van der Waals surface area contributed by atoms with Gasteiger partial charge in [0.15, 0.2) is 0 Å². The normalized spacial score (nSPS) is 13.7. The van der Waals surface area contributed by atoms with Crippen LogP contribution in [0.25, 0.3) is 87.6 Å². The average molecular weight is 553 g/mol. The Morgan fingerprint density at radius 2 is 0.907 bits per heavy atom. The van der Waals surface area contributed by atoms with E-state index < -0.39 is 0 Å². The Hall–Kier alpha value is -5.66. The Bertz CT molecular complexity index is 2780. The Morgan fingerprint density at radius 3 is 1.58 bits per heavy atom. The zero-order chi connectivity index (χ0) is 33.6. The van der Waals surface area contributed by atoms with Gasteiger partial charge in [-0.15, -0.1) is 0 Å². The summed E-state index contributed by atoms with van der Waals surface area (Å²) < 4.78 is 62.4. The van der Waals surface area contributed by atoms with Crippen LogP contribution >= 0.6 is 0 Å². The van der Waals surface area contributed by atoms with E-state index in [0.29, 0.717) is 22.3 Å². The first-order valence-corrected chi connectivity index (χ1v) is 14.3. The summed E-state index contributed by atoms with van der Waals surface area (Å²) in [6, 6.07) is 37.8. The quantitative estimate of drug-likeness (QED) is 0.199. The summed E-state index contributed by atoms with van der Waals surface area (Å²) in [5, 5.41) is 5.26. The Labute approximate surface area is 257 Å². The van der Waals surface area contributed by atoms with Gasteiger partial charge >= 0.3 is 0 Å². The Morgan fingerprint density at radius 1 is 0.395 bits per heavy atom. The molecule has 0 aliphatic rings. The monoisotopic (exact) mass is 552 g/mol. The SMILES string of the molecule is [2H]c1c(-c2cccc3c2oc2ccccc23)c([2H])c2c([2H])c([2H])c(-c3c4ccccc4c(-c4ccccc4)c4ccccc34)c([2H])c2c1[2H]. The Balaban J connectivity index is 1.39. The van der Waals surface area contributed by atoms with Gasteiger partial charge in [-0.05, 0) is 78.3 Å². The summed E-state index contributed by atoms with van der Waals surface area (Å²) in [5.41, 5.74) is 4.68. The van der Waals surface area contributed by atoms with Crippen molar-refractivity contribution in [2.45, 2.75) is 0 Å². The third kappa shape index (κ3) is 3.72. The molecule has 0 spiro atoms. The molecule has 0 atom stereocenters. The highest BCUT2D eigenvalue weighted by atomic mass is 16.3. The zero-order valence-electron chi connectivity index (χ0n) is 29.0. The van der Waals surface area contributed by atoms with Crippen LogP contribution in [0, 0.1) is 0 Å². The number of hydrogen-bond acceptors (Lipinski definition) is 1. The summed E-state index contributed by atoms with van der Waals surface area (Å²) in [4.78, 5) is 0. The van der Waals surface area contributed by atoms with Crippen molar-refractivity contribution in [3.8, 4) is 33.4 Å². The minimum atomic E-state index is -0.261. The van der Waals surface area contributed by atoms with E-state index in [1.165, 1.54) is 0 Å². The molecule has 0 fully saturated rings. The maximum Gasteiger partial charge on any atom is 0.143 e. The molecule has 1 nitrogen and oxygen atoms in total. The van der Waals surface area contributed by atoms with Gasteiger partial charge in [-0.1, -0.05) is 139 Å². The van der Waals surface area contributed by atoms with E-state index in [9.17, 15) is 8.22 Å². The summed E-state index contributed by atoms with van der Waals surface area (Å²) in [6.45, 7) is 0. The maximum absolute atomic E-state index is 9.59. The summed E-state index contributed by atoms with van der Waals surface area (Å²) in [7, 11) is 0. The molecular weight excluding hydrogens is 520 g/mol. The molecular formula is C42H26O. The van der Waals surface area contributed by atoms with Gasteiger partial charge in [0.1, 0.15) is 11.2 Å². The van der Waals surface area contributed by atoms with Crippen molar-refractivity contribution in [1.82, 2.24) is 0 Å². The first-order valence-electron chi connectivity index (χ1n) is 17.3. The molecule has 0 bridgehead atoms. The van der Waals surface area contributed by atoms with Crippen molar-refractivity contribution in [2.75, 3.05) is 0 Å². The minimum Gasteiger partial charge on any atom is -0.455 e. The molecule has 0 radical (unpaired) electrons. The van der Waals surface area contributed by atoms with Crippen molar-refractivity contribution in [3.05, 3.63) is 158 Å². The number of benzene rings is 8. The fourth-order valence-electron chi connectivity index (χ4n) is 6.39. The lowest BCUT2D eigenvalue weighted by Crippen LogP contribution is -1.90. The number of rotatable bonds is 3. The van der Waals surface area contributed by atoms with Crippen LogP contribution in [-0.2, 0) is 0 Å². The molecule has 0 N–H and O–H groups in total. The predicted octanol–water partition coefficient (Wildman–Crippen LogP) is 12.0. The standard InChI is InChI=1S/C42H26O/c1-2-11-27(12-3-1)40-34-14-4-6-16-36(34)41(37-17-7-5-15-35(37)40)31-24-22-28-25-30(23-21-29(28)26-31)32-18-10-19-38-33-13-8-9-20-39(33)43-42(32)38/h1-26H/i21D,22D,23D,24D,25D,26D. The van der Waals surface area contributed by atoms with Gasteiger partial charge < -0.3 is 4.42 Å². The van der Waals surface area contributed by atoms with Gasteiger partial charge in [0.05, 0.1) is 8.22 Å². The Kier molecular flexibility index (Phi) is 4.11. The van der Waals surface area contributed by atoms with Gasteiger partial charge in [0.25, 0.3) is 0 Å². The molecule has 9 rings (SSSR count). The van der Waals surface area contributed by atoms with Crippen molar-refractivity contribution in [1.29, 1.82) is 0 Å². The lowest BCUT2D eigenvalue weighted by atomic mass is 9.85. The molecule has 1 heteroatoms. The van der Waals surface area contributed by atoms with Gasteiger partial charge in [-0.2, -0.15) is 0 Å². The largest absolute Gasteiger partial charge is 0.455 e. The molecule has 9 aromatic rings. The van der Waals surface area contributed by atoms with Crippen LogP contribution in [0.4, 0.5) is 0 Å². The van der Waals surface area contributed by atoms with Gasteiger partial charge in [0.2, 0.25) is 0 Å². The molecule has 1 aromatic heterocycles. The van der Waals surface area contributed by atoms with Crippen molar-refractivity contribution in [2.24, 2.45) is 0 Å². The van der Waals surface area contributed by atoms with Crippen LogP contribution in [-0.4, -0.2) is 0 Å². The lowest BCUT2D eigenvalue weighted by Gasteiger charge is -2.18. The maximum atomic E-state index is 9.59. The molecule has 0 saturated heterocycles. The molecule has 0 unspecified atom stereocenters. The number of fused-ring (bicyclic) bond motifs is 6. The van der Waals surface area contributed by atoms with E-state index in [4.69, 9.17) is 4.42 Å². The fourth-order valence-corrected chi connectivity index (χ4v) is 6.39. The van der Waals surface area contributed by atoms with Crippen LogP contribution in [0.2, 0.25) is 0 Å². The van der Waals surface area contributed by atoms with E-state index in [2.05, 4.69) is 12.1 Å². The molecule has 0 amide bonds. The third-order valence-corrected chi connectivity index (χ3v) is 8.29. The highest BCUT2D eigenvalue weighted by Crippen LogP contribution is 2.44.